The molecular weight excluding hydrogens is 152 g/mol. The number of likely N-dealkylation sites (N-methyl/N-ethyl adjacent to an activating group) is 1. The Morgan fingerprint density at radius 1 is 1.67 bits per heavy atom. The van der Waals surface area contributed by atoms with E-state index >= 15 is 0 Å². The molecule has 0 bridgehead atoms. The highest BCUT2D eigenvalue weighted by molar-refractivity contribution is 5.09. The Labute approximate surface area is 72.5 Å². The fourth-order valence-corrected chi connectivity index (χ4v) is 1.06. The van der Waals surface area contributed by atoms with Crippen LogP contribution in [-0.2, 0) is 6.42 Å². The van der Waals surface area contributed by atoms with Crippen molar-refractivity contribution < 1.29 is 5.11 Å². The first-order valence-electron chi connectivity index (χ1n) is 4.04. The highest BCUT2D eigenvalue weighted by Crippen LogP contribution is 1.99. The third-order valence-corrected chi connectivity index (χ3v) is 1.83. The summed E-state index contributed by atoms with van der Waals surface area (Å²) in [6.45, 7) is 0.158. The van der Waals surface area contributed by atoms with Gasteiger partial charge in [0.15, 0.2) is 0 Å². The first-order valence-corrected chi connectivity index (χ1v) is 4.04. The highest BCUT2D eigenvalue weighted by Gasteiger charge is 2.04. The molecule has 12 heavy (non-hydrogen) atoms. The van der Waals surface area contributed by atoms with Gasteiger partial charge in [-0.3, -0.25) is 4.98 Å². The lowest BCUT2D eigenvalue weighted by atomic mass is 10.1. The molecule has 0 radical (unpaired) electrons. The number of aromatic nitrogens is 1. The van der Waals surface area contributed by atoms with Crippen LogP contribution in [0, 0.1) is 0 Å². The van der Waals surface area contributed by atoms with Crippen molar-refractivity contribution in [2.75, 3.05) is 13.7 Å². The second-order valence-corrected chi connectivity index (χ2v) is 2.73. The summed E-state index contributed by atoms with van der Waals surface area (Å²) in [5.74, 6) is 0. The van der Waals surface area contributed by atoms with Gasteiger partial charge in [0.2, 0.25) is 0 Å². The van der Waals surface area contributed by atoms with E-state index < -0.39 is 0 Å². The molecule has 3 heteroatoms. The number of nitrogens with zero attached hydrogens (tertiary/aromatic N) is 1. The van der Waals surface area contributed by atoms with Crippen molar-refractivity contribution >= 4 is 0 Å². The highest BCUT2D eigenvalue weighted by atomic mass is 16.3. The average molecular weight is 166 g/mol. The van der Waals surface area contributed by atoms with Gasteiger partial charge in [0.25, 0.3) is 0 Å². The Bertz CT molecular complexity index is 209. The largest absolute Gasteiger partial charge is 0.395 e. The number of aliphatic hydroxyl groups excluding tert-OH is 1. The molecule has 0 saturated heterocycles. The zero-order valence-corrected chi connectivity index (χ0v) is 7.20. The van der Waals surface area contributed by atoms with E-state index in [1.54, 1.807) is 6.20 Å². The average Bonchev–Trinajstić information content (AvgIpc) is 2.16. The second kappa shape index (κ2) is 4.85. The minimum Gasteiger partial charge on any atom is -0.395 e. The predicted molar refractivity (Wildman–Crippen MR) is 47.9 cm³/mol. The van der Waals surface area contributed by atoms with Crippen LogP contribution in [-0.4, -0.2) is 29.8 Å². The Kier molecular flexibility index (Phi) is 3.70. The lowest BCUT2D eigenvalue weighted by Gasteiger charge is -2.11. The van der Waals surface area contributed by atoms with Gasteiger partial charge in [-0.05, 0) is 25.1 Å². The van der Waals surface area contributed by atoms with E-state index in [2.05, 4.69) is 10.3 Å². The molecule has 1 atom stereocenters. The number of rotatable bonds is 4. The molecule has 0 saturated carbocycles. The van der Waals surface area contributed by atoms with Crippen LogP contribution in [0.1, 0.15) is 5.56 Å². The molecule has 1 aromatic heterocycles. The zero-order chi connectivity index (χ0) is 8.81. The lowest BCUT2D eigenvalue weighted by molar-refractivity contribution is 0.248. The molecule has 0 aromatic carbocycles. The van der Waals surface area contributed by atoms with Crippen LogP contribution in [0.2, 0.25) is 0 Å². The van der Waals surface area contributed by atoms with Crippen LogP contribution in [0.3, 0.4) is 0 Å². The maximum absolute atomic E-state index is 8.90. The molecule has 0 aliphatic heterocycles. The molecule has 1 aromatic rings. The van der Waals surface area contributed by atoms with Crippen LogP contribution in [0.4, 0.5) is 0 Å². The first kappa shape index (κ1) is 9.16. The van der Waals surface area contributed by atoms with E-state index in [1.807, 2.05) is 25.4 Å². The van der Waals surface area contributed by atoms with Gasteiger partial charge in [0.1, 0.15) is 0 Å². The number of pyridine rings is 1. The molecule has 1 unspecified atom stereocenters. The van der Waals surface area contributed by atoms with Gasteiger partial charge >= 0.3 is 0 Å². The zero-order valence-electron chi connectivity index (χ0n) is 7.20. The fraction of sp³-hybridized carbons (Fsp3) is 0.444. The SMILES string of the molecule is CNC(CO)Cc1cccnc1. The monoisotopic (exact) mass is 166 g/mol. The summed E-state index contributed by atoms with van der Waals surface area (Å²) in [7, 11) is 1.84. The third-order valence-electron chi connectivity index (χ3n) is 1.83. The van der Waals surface area contributed by atoms with Crippen LogP contribution in [0.15, 0.2) is 24.5 Å². The van der Waals surface area contributed by atoms with Gasteiger partial charge in [-0.15, -0.1) is 0 Å². The Morgan fingerprint density at radius 3 is 3.00 bits per heavy atom. The molecule has 0 aliphatic rings. The van der Waals surface area contributed by atoms with E-state index in [1.165, 1.54) is 0 Å². The second-order valence-electron chi connectivity index (χ2n) is 2.73. The van der Waals surface area contributed by atoms with Crippen LogP contribution in [0.25, 0.3) is 0 Å². The Hall–Kier alpha value is -0.930. The number of aliphatic hydroxyl groups is 1. The molecule has 3 nitrogen and oxygen atoms in total. The third kappa shape index (κ3) is 2.60. The maximum Gasteiger partial charge on any atom is 0.0587 e. The van der Waals surface area contributed by atoms with Gasteiger partial charge in [0, 0.05) is 18.4 Å². The van der Waals surface area contributed by atoms with Crippen LogP contribution < -0.4 is 5.32 Å². The van der Waals surface area contributed by atoms with Crippen molar-refractivity contribution in [1.29, 1.82) is 0 Å². The van der Waals surface area contributed by atoms with Crippen molar-refractivity contribution in [3.8, 4) is 0 Å². The predicted octanol–water partition coefficient (Wildman–Crippen LogP) is 0.204. The summed E-state index contributed by atoms with van der Waals surface area (Å²) in [6.07, 6.45) is 4.39. The van der Waals surface area contributed by atoms with Crippen LogP contribution in [0.5, 0.6) is 0 Å². The molecule has 66 valence electrons. The molecule has 0 spiro atoms. The first-order chi connectivity index (χ1) is 5.86. The van der Waals surface area contributed by atoms with Gasteiger partial charge < -0.3 is 10.4 Å². The van der Waals surface area contributed by atoms with Gasteiger partial charge in [0.05, 0.1) is 6.61 Å². The summed E-state index contributed by atoms with van der Waals surface area (Å²) in [4.78, 5) is 4.00. The number of nitrogens with one attached hydrogen (secondary N) is 1. The van der Waals surface area contributed by atoms with Crippen molar-refractivity contribution in [2.24, 2.45) is 0 Å². The summed E-state index contributed by atoms with van der Waals surface area (Å²) in [5.41, 5.74) is 1.14. The topological polar surface area (TPSA) is 45.1 Å². The molecule has 2 N–H and O–H groups in total. The van der Waals surface area contributed by atoms with E-state index in [9.17, 15) is 0 Å². The Balaban J connectivity index is 2.51. The van der Waals surface area contributed by atoms with E-state index in [0.717, 1.165) is 12.0 Å². The Morgan fingerprint density at radius 2 is 2.50 bits per heavy atom. The quantitative estimate of drug-likeness (QED) is 0.672. The summed E-state index contributed by atoms with van der Waals surface area (Å²) in [6, 6.07) is 4.04. The van der Waals surface area contributed by atoms with Crippen molar-refractivity contribution in [3.63, 3.8) is 0 Å². The standard InChI is InChI=1S/C9H14N2O/c1-10-9(7-12)5-8-3-2-4-11-6-8/h2-4,6,9-10,12H,5,7H2,1H3. The maximum atomic E-state index is 8.90. The van der Waals surface area contributed by atoms with E-state index in [-0.39, 0.29) is 12.6 Å². The normalized spacial score (nSPS) is 12.8. The van der Waals surface area contributed by atoms with Gasteiger partial charge in [-0.2, -0.15) is 0 Å². The molecule has 0 fully saturated rings. The minimum atomic E-state index is 0.134. The van der Waals surface area contributed by atoms with Crippen molar-refractivity contribution in [3.05, 3.63) is 30.1 Å². The summed E-state index contributed by atoms with van der Waals surface area (Å²) in [5, 5.41) is 11.9. The van der Waals surface area contributed by atoms with Crippen molar-refractivity contribution in [2.45, 2.75) is 12.5 Å². The molecule has 0 aliphatic carbocycles. The minimum absolute atomic E-state index is 0.134. The molecule has 0 amide bonds. The van der Waals surface area contributed by atoms with Gasteiger partial charge in [-0.1, -0.05) is 6.07 Å². The van der Waals surface area contributed by atoms with Crippen LogP contribution >= 0.6 is 0 Å². The number of hydrogen-bond acceptors (Lipinski definition) is 3. The molecule has 1 rings (SSSR count). The van der Waals surface area contributed by atoms with Gasteiger partial charge in [-0.25, -0.2) is 0 Å². The summed E-state index contributed by atoms with van der Waals surface area (Å²) >= 11 is 0. The smallest absolute Gasteiger partial charge is 0.0587 e. The number of hydrogen-bond donors (Lipinski definition) is 2. The molecule has 1 heterocycles. The fourth-order valence-electron chi connectivity index (χ4n) is 1.06. The lowest BCUT2D eigenvalue weighted by Crippen LogP contribution is -2.31. The summed E-state index contributed by atoms with van der Waals surface area (Å²) < 4.78 is 0. The van der Waals surface area contributed by atoms with Crippen molar-refractivity contribution in [1.82, 2.24) is 10.3 Å². The molecular formula is C9H14N2O. The van der Waals surface area contributed by atoms with E-state index in [0.29, 0.717) is 0 Å². The van der Waals surface area contributed by atoms with E-state index in [4.69, 9.17) is 5.11 Å².